The number of rotatable bonds is 3. The molecule has 0 amide bonds. The highest BCUT2D eigenvalue weighted by molar-refractivity contribution is 5.93. The van der Waals surface area contributed by atoms with Crippen LogP contribution in [0.15, 0.2) is 54.6 Å². The van der Waals surface area contributed by atoms with E-state index in [4.69, 9.17) is 4.74 Å². The molecule has 0 saturated carbocycles. The molecule has 1 heterocycles. The number of methoxy groups -OCH3 is 1. The van der Waals surface area contributed by atoms with Gasteiger partial charge in [0.1, 0.15) is 12.2 Å². The molecule has 0 saturated heterocycles. The minimum Gasteiger partial charge on any atom is -0.468 e. The van der Waals surface area contributed by atoms with Crippen molar-refractivity contribution >= 4 is 16.9 Å². The summed E-state index contributed by atoms with van der Waals surface area (Å²) in [5, 5.41) is 5.59. The summed E-state index contributed by atoms with van der Waals surface area (Å²) in [7, 11) is 1.38. The molecule has 0 bridgehead atoms. The van der Waals surface area contributed by atoms with Gasteiger partial charge in [0, 0.05) is 10.9 Å². The lowest BCUT2D eigenvalue weighted by Crippen LogP contribution is -2.12. The predicted octanol–water partition coefficient (Wildman–Crippen LogP) is 3.90. The van der Waals surface area contributed by atoms with Gasteiger partial charge in [-0.2, -0.15) is 5.10 Å². The number of hydrogen-bond acceptors (Lipinski definition) is 3. The fourth-order valence-electron chi connectivity index (χ4n) is 2.24. The lowest BCUT2D eigenvalue weighted by Gasteiger charge is -2.00. The topological polar surface area (TPSA) is 44.1 Å². The van der Waals surface area contributed by atoms with Crippen LogP contribution in [0.5, 0.6) is 0 Å². The maximum Gasteiger partial charge on any atom is 0.327 e. The van der Waals surface area contributed by atoms with E-state index in [-0.39, 0.29) is 12.5 Å². The average molecular weight is 296 g/mol. The summed E-state index contributed by atoms with van der Waals surface area (Å²) in [6.07, 6.45) is 0. The molecular formula is C18H20N2O2. The van der Waals surface area contributed by atoms with E-state index in [2.05, 4.69) is 5.10 Å². The van der Waals surface area contributed by atoms with Gasteiger partial charge in [0.05, 0.1) is 12.6 Å². The molecule has 0 aliphatic rings. The highest BCUT2D eigenvalue weighted by atomic mass is 16.5. The van der Waals surface area contributed by atoms with Crippen LogP contribution in [-0.4, -0.2) is 22.9 Å². The van der Waals surface area contributed by atoms with Crippen molar-refractivity contribution < 1.29 is 9.53 Å². The maximum absolute atomic E-state index is 11.5. The zero-order chi connectivity index (χ0) is 15.9. The molecule has 0 N–H and O–H groups in total. The largest absolute Gasteiger partial charge is 0.468 e. The van der Waals surface area contributed by atoms with Crippen molar-refractivity contribution in [2.24, 2.45) is 0 Å². The van der Waals surface area contributed by atoms with Gasteiger partial charge in [0.15, 0.2) is 0 Å². The standard InChI is InChI=1S/C16H14N2O2.C2H6/c1-20-15(19)11-18-14-10-6-5-9-13(14)16(17-18)12-7-3-2-4-8-12;1-2/h2-10H,11H2,1H3;1-2H3. The van der Waals surface area contributed by atoms with Crippen molar-refractivity contribution in [1.82, 2.24) is 9.78 Å². The van der Waals surface area contributed by atoms with Crippen molar-refractivity contribution in [3.8, 4) is 11.3 Å². The smallest absolute Gasteiger partial charge is 0.327 e. The molecule has 0 fully saturated rings. The first-order valence-electron chi connectivity index (χ1n) is 7.37. The summed E-state index contributed by atoms with van der Waals surface area (Å²) in [6, 6.07) is 17.8. The molecular weight excluding hydrogens is 276 g/mol. The molecule has 1 aromatic heterocycles. The fraction of sp³-hybridized carbons (Fsp3) is 0.222. The van der Waals surface area contributed by atoms with Crippen LogP contribution >= 0.6 is 0 Å². The first-order chi connectivity index (χ1) is 10.8. The fourth-order valence-corrected chi connectivity index (χ4v) is 2.24. The van der Waals surface area contributed by atoms with E-state index in [1.807, 2.05) is 68.4 Å². The molecule has 4 heteroatoms. The summed E-state index contributed by atoms with van der Waals surface area (Å²) in [5.41, 5.74) is 2.84. The molecule has 0 aliphatic heterocycles. The van der Waals surface area contributed by atoms with Crippen LogP contribution in [0.1, 0.15) is 13.8 Å². The van der Waals surface area contributed by atoms with Crippen molar-refractivity contribution in [3.63, 3.8) is 0 Å². The van der Waals surface area contributed by atoms with E-state index in [1.54, 1.807) is 4.68 Å². The molecule has 0 aliphatic carbocycles. The third-order valence-corrected chi connectivity index (χ3v) is 3.21. The molecule has 0 unspecified atom stereocenters. The molecule has 2 aromatic carbocycles. The number of nitrogens with zero attached hydrogens (tertiary/aromatic N) is 2. The van der Waals surface area contributed by atoms with Crippen molar-refractivity contribution in [1.29, 1.82) is 0 Å². The summed E-state index contributed by atoms with van der Waals surface area (Å²) >= 11 is 0. The van der Waals surface area contributed by atoms with Gasteiger partial charge in [0.2, 0.25) is 0 Å². The van der Waals surface area contributed by atoms with E-state index in [0.717, 1.165) is 22.2 Å². The number of aromatic nitrogens is 2. The molecule has 4 nitrogen and oxygen atoms in total. The van der Waals surface area contributed by atoms with Crippen LogP contribution in [0.3, 0.4) is 0 Å². The Morgan fingerprint density at radius 1 is 1.05 bits per heavy atom. The van der Waals surface area contributed by atoms with Gasteiger partial charge in [-0.1, -0.05) is 62.4 Å². The van der Waals surface area contributed by atoms with E-state index in [0.29, 0.717) is 0 Å². The second-order valence-electron chi connectivity index (χ2n) is 4.47. The first kappa shape index (κ1) is 15.8. The minimum atomic E-state index is -0.308. The van der Waals surface area contributed by atoms with Gasteiger partial charge in [-0.25, -0.2) is 0 Å². The van der Waals surface area contributed by atoms with E-state index < -0.39 is 0 Å². The molecule has 114 valence electrons. The number of carbonyl (C=O) groups is 1. The molecule has 0 spiro atoms. The predicted molar refractivity (Wildman–Crippen MR) is 88.5 cm³/mol. The Kier molecular flexibility index (Phi) is 5.31. The summed E-state index contributed by atoms with van der Waals surface area (Å²) < 4.78 is 6.40. The lowest BCUT2D eigenvalue weighted by atomic mass is 10.1. The lowest BCUT2D eigenvalue weighted by molar-refractivity contribution is -0.141. The zero-order valence-corrected chi connectivity index (χ0v) is 13.1. The Labute approximate surface area is 130 Å². The van der Waals surface area contributed by atoms with Crippen LogP contribution in [0, 0.1) is 0 Å². The number of hydrogen-bond donors (Lipinski definition) is 0. The number of ether oxygens (including phenoxy) is 1. The van der Waals surface area contributed by atoms with Gasteiger partial charge in [-0.15, -0.1) is 0 Å². The van der Waals surface area contributed by atoms with Crippen molar-refractivity contribution in [2.45, 2.75) is 20.4 Å². The van der Waals surface area contributed by atoms with E-state index >= 15 is 0 Å². The average Bonchev–Trinajstić information content (AvgIpc) is 2.96. The van der Waals surface area contributed by atoms with E-state index in [9.17, 15) is 4.79 Å². The van der Waals surface area contributed by atoms with Gasteiger partial charge in [0.25, 0.3) is 0 Å². The number of para-hydroxylation sites is 1. The molecule has 0 radical (unpaired) electrons. The number of fused-ring (bicyclic) bond motifs is 1. The SMILES string of the molecule is CC.COC(=O)Cn1nc(-c2ccccc2)c2ccccc21. The molecule has 22 heavy (non-hydrogen) atoms. The monoisotopic (exact) mass is 296 g/mol. The van der Waals surface area contributed by atoms with Crippen LogP contribution in [0.25, 0.3) is 22.2 Å². The number of benzene rings is 2. The normalized spacial score (nSPS) is 9.95. The quantitative estimate of drug-likeness (QED) is 0.688. The second-order valence-corrected chi connectivity index (χ2v) is 4.47. The van der Waals surface area contributed by atoms with Crippen molar-refractivity contribution in [3.05, 3.63) is 54.6 Å². The Morgan fingerprint density at radius 3 is 2.36 bits per heavy atom. The highest BCUT2D eigenvalue weighted by Crippen LogP contribution is 2.27. The Bertz CT molecular complexity index is 748. The molecule has 0 atom stereocenters. The van der Waals surface area contributed by atoms with Gasteiger partial charge >= 0.3 is 5.97 Å². The van der Waals surface area contributed by atoms with Gasteiger partial charge in [-0.3, -0.25) is 9.48 Å². The third-order valence-electron chi connectivity index (χ3n) is 3.21. The molecule has 3 rings (SSSR count). The maximum atomic E-state index is 11.5. The second kappa shape index (κ2) is 7.41. The first-order valence-corrected chi connectivity index (χ1v) is 7.37. The Morgan fingerprint density at radius 2 is 1.68 bits per heavy atom. The number of esters is 1. The van der Waals surface area contributed by atoms with Crippen LogP contribution in [0.4, 0.5) is 0 Å². The molecule has 3 aromatic rings. The van der Waals surface area contributed by atoms with Gasteiger partial charge in [-0.05, 0) is 6.07 Å². The van der Waals surface area contributed by atoms with Crippen LogP contribution in [-0.2, 0) is 16.1 Å². The Balaban J connectivity index is 0.000000847. The number of carbonyl (C=O) groups excluding carboxylic acids is 1. The van der Waals surface area contributed by atoms with Crippen LogP contribution < -0.4 is 0 Å². The summed E-state index contributed by atoms with van der Waals surface area (Å²) in [4.78, 5) is 11.5. The van der Waals surface area contributed by atoms with Crippen molar-refractivity contribution in [2.75, 3.05) is 7.11 Å². The third kappa shape index (κ3) is 3.17. The summed E-state index contributed by atoms with van der Waals surface area (Å²) in [5.74, 6) is -0.308. The zero-order valence-electron chi connectivity index (χ0n) is 13.1. The summed E-state index contributed by atoms with van der Waals surface area (Å²) in [6.45, 7) is 4.11. The highest BCUT2D eigenvalue weighted by Gasteiger charge is 2.13. The van der Waals surface area contributed by atoms with Crippen LogP contribution in [0.2, 0.25) is 0 Å². The van der Waals surface area contributed by atoms with E-state index in [1.165, 1.54) is 7.11 Å². The van der Waals surface area contributed by atoms with Gasteiger partial charge < -0.3 is 4.74 Å². The Hall–Kier alpha value is -2.62. The minimum absolute atomic E-state index is 0.115.